The molecule has 0 spiro atoms. The van der Waals surface area contributed by atoms with Crippen molar-refractivity contribution in [3.8, 4) is 0 Å². The van der Waals surface area contributed by atoms with E-state index in [0.29, 0.717) is 0 Å². The maximum atomic E-state index is 12.6. The zero-order valence-electron chi connectivity index (χ0n) is 11.9. The number of nitrogen functional groups attached to an aromatic ring is 1. The monoisotopic (exact) mass is 317 g/mol. The lowest BCUT2D eigenvalue weighted by Crippen LogP contribution is -2.38. The summed E-state index contributed by atoms with van der Waals surface area (Å²) in [6, 6.07) is 2.95. The quantitative estimate of drug-likeness (QED) is 0.438. The van der Waals surface area contributed by atoms with Crippen LogP contribution >= 0.6 is 0 Å². The van der Waals surface area contributed by atoms with E-state index in [0.717, 1.165) is 12.1 Å². The molecule has 1 aromatic rings. The second-order valence-electron chi connectivity index (χ2n) is 4.77. The van der Waals surface area contributed by atoms with Crippen LogP contribution in [-0.2, 0) is 10.0 Å². The normalized spacial score (nSPS) is 12.0. The number of anilines is 1. The van der Waals surface area contributed by atoms with Gasteiger partial charge in [0.2, 0.25) is 10.0 Å². The van der Waals surface area contributed by atoms with E-state index in [1.54, 1.807) is 13.8 Å². The van der Waals surface area contributed by atoms with E-state index in [2.05, 4.69) is 0 Å². The van der Waals surface area contributed by atoms with Crippen LogP contribution in [-0.4, -0.2) is 41.9 Å². The van der Waals surface area contributed by atoms with Gasteiger partial charge in [-0.2, -0.15) is 4.31 Å². The molecule has 0 aliphatic carbocycles. The van der Waals surface area contributed by atoms with Gasteiger partial charge >= 0.3 is 0 Å². The molecule has 0 fully saturated rings. The molecule has 118 valence electrons. The molecule has 21 heavy (non-hydrogen) atoms. The Hall–Kier alpha value is -1.71. The van der Waals surface area contributed by atoms with Gasteiger partial charge in [0.15, 0.2) is 0 Å². The largest absolute Gasteiger partial charge is 0.398 e. The molecule has 0 bridgehead atoms. The minimum absolute atomic E-state index is 0.0461. The second-order valence-corrected chi connectivity index (χ2v) is 6.62. The summed E-state index contributed by atoms with van der Waals surface area (Å²) in [6.45, 7) is 3.33. The molecule has 0 aromatic heterocycles. The highest BCUT2D eigenvalue weighted by molar-refractivity contribution is 7.89. The Morgan fingerprint density at radius 3 is 2.52 bits per heavy atom. The van der Waals surface area contributed by atoms with Gasteiger partial charge in [-0.1, -0.05) is 0 Å². The fourth-order valence-electron chi connectivity index (χ4n) is 1.87. The van der Waals surface area contributed by atoms with Gasteiger partial charge in [0.1, 0.15) is 4.90 Å². The number of benzene rings is 1. The van der Waals surface area contributed by atoms with Crippen molar-refractivity contribution in [1.29, 1.82) is 0 Å². The van der Waals surface area contributed by atoms with Crippen LogP contribution in [0.3, 0.4) is 0 Å². The van der Waals surface area contributed by atoms with Crippen molar-refractivity contribution in [2.45, 2.75) is 31.2 Å². The van der Waals surface area contributed by atoms with E-state index in [1.807, 2.05) is 0 Å². The Morgan fingerprint density at radius 2 is 2.05 bits per heavy atom. The Labute approximate surface area is 123 Å². The lowest BCUT2D eigenvalue weighted by molar-refractivity contribution is -0.385. The van der Waals surface area contributed by atoms with Crippen molar-refractivity contribution < 1.29 is 18.4 Å². The number of nitro benzene ring substituents is 1. The highest BCUT2D eigenvalue weighted by atomic mass is 32.2. The smallest absolute Gasteiger partial charge is 0.270 e. The zero-order valence-corrected chi connectivity index (χ0v) is 12.7. The highest BCUT2D eigenvalue weighted by Gasteiger charge is 2.29. The molecule has 0 saturated heterocycles. The molecular weight excluding hydrogens is 298 g/mol. The van der Waals surface area contributed by atoms with Crippen molar-refractivity contribution in [3.05, 3.63) is 28.3 Å². The van der Waals surface area contributed by atoms with Crippen LogP contribution < -0.4 is 5.73 Å². The van der Waals surface area contributed by atoms with Gasteiger partial charge in [-0.25, -0.2) is 8.42 Å². The van der Waals surface area contributed by atoms with Crippen LogP contribution in [0.4, 0.5) is 11.4 Å². The summed E-state index contributed by atoms with van der Waals surface area (Å²) >= 11 is 0. The average molecular weight is 317 g/mol. The molecular formula is C12H19N3O5S. The van der Waals surface area contributed by atoms with Gasteiger partial charge in [0.25, 0.3) is 5.69 Å². The summed E-state index contributed by atoms with van der Waals surface area (Å²) in [5.74, 6) is 0. The summed E-state index contributed by atoms with van der Waals surface area (Å²) in [7, 11) is -3.97. The molecule has 0 atom stereocenters. The highest BCUT2D eigenvalue weighted by Crippen LogP contribution is 2.28. The standard InChI is InChI=1S/C12H19N3O5S/c1-9(2)14(6-3-7-16)21(19,20)12-8-10(15(17)18)4-5-11(12)13/h4-5,8-9,16H,3,6-7,13H2,1-2H3. The molecule has 0 heterocycles. The number of hydrogen-bond donors (Lipinski definition) is 2. The molecule has 0 unspecified atom stereocenters. The van der Waals surface area contributed by atoms with Crippen LogP contribution in [0.5, 0.6) is 0 Å². The third-order valence-corrected chi connectivity index (χ3v) is 5.04. The zero-order chi connectivity index (χ0) is 16.2. The van der Waals surface area contributed by atoms with E-state index in [1.165, 1.54) is 10.4 Å². The average Bonchev–Trinajstić information content (AvgIpc) is 2.38. The van der Waals surface area contributed by atoms with Crippen molar-refractivity contribution in [1.82, 2.24) is 4.31 Å². The number of nitrogens with two attached hydrogens (primary N) is 1. The third-order valence-electron chi connectivity index (χ3n) is 2.91. The number of rotatable bonds is 7. The van der Waals surface area contributed by atoms with E-state index < -0.39 is 14.9 Å². The molecule has 1 aromatic carbocycles. The molecule has 0 amide bonds. The summed E-state index contributed by atoms with van der Waals surface area (Å²) in [5, 5.41) is 19.7. The van der Waals surface area contributed by atoms with Crippen molar-refractivity contribution >= 4 is 21.4 Å². The molecule has 0 saturated carbocycles. The van der Waals surface area contributed by atoms with Crippen molar-refractivity contribution in [2.75, 3.05) is 18.9 Å². The summed E-state index contributed by atoms with van der Waals surface area (Å²) in [6.07, 6.45) is 0.270. The first kappa shape index (κ1) is 17.3. The summed E-state index contributed by atoms with van der Waals surface area (Å²) < 4.78 is 26.4. The number of sulfonamides is 1. The van der Waals surface area contributed by atoms with Gasteiger partial charge in [-0.05, 0) is 26.3 Å². The van der Waals surface area contributed by atoms with Crippen LogP contribution in [0, 0.1) is 10.1 Å². The Morgan fingerprint density at radius 1 is 1.43 bits per heavy atom. The first-order valence-electron chi connectivity index (χ1n) is 6.38. The topological polar surface area (TPSA) is 127 Å². The van der Waals surface area contributed by atoms with Crippen LogP contribution in [0.15, 0.2) is 23.1 Å². The lowest BCUT2D eigenvalue weighted by atomic mass is 10.3. The van der Waals surface area contributed by atoms with E-state index >= 15 is 0 Å². The number of aliphatic hydroxyl groups is 1. The SMILES string of the molecule is CC(C)N(CCCO)S(=O)(=O)c1cc([N+](=O)[O-])ccc1N. The maximum Gasteiger partial charge on any atom is 0.270 e. The van der Waals surface area contributed by atoms with Crippen LogP contribution in [0.1, 0.15) is 20.3 Å². The van der Waals surface area contributed by atoms with Gasteiger partial charge in [-0.15, -0.1) is 0 Å². The van der Waals surface area contributed by atoms with Gasteiger partial charge in [-0.3, -0.25) is 10.1 Å². The second kappa shape index (κ2) is 6.83. The van der Waals surface area contributed by atoms with E-state index in [-0.39, 0.29) is 41.9 Å². The number of non-ortho nitro benzene ring substituents is 1. The number of aliphatic hydroxyl groups excluding tert-OH is 1. The number of nitro groups is 1. The fraction of sp³-hybridized carbons (Fsp3) is 0.500. The van der Waals surface area contributed by atoms with Gasteiger partial charge in [0, 0.05) is 31.3 Å². The van der Waals surface area contributed by atoms with E-state index in [9.17, 15) is 18.5 Å². The Bertz CT molecular complexity index is 615. The maximum absolute atomic E-state index is 12.6. The van der Waals surface area contributed by atoms with Crippen LogP contribution in [0.25, 0.3) is 0 Å². The van der Waals surface area contributed by atoms with Crippen molar-refractivity contribution in [2.24, 2.45) is 0 Å². The Kier molecular flexibility index (Phi) is 5.64. The first-order chi connectivity index (χ1) is 9.71. The Balaban J connectivity index is 3.33. The van der Waals surface area contributed by atoms with E-state index in [4.69, 9.17) is 10.8 Å². The molecule has 0 aliphatic rings. The van der Waals surface area contributed by atoms with Crippen LogP contribution in [0.2, 0.25) is 0 Å². The summed E-state index contributed by atoms with van der Waals surface area (Å²) in [5.41, 5.74) is 5.28. The minimum Gasteiger partial charge on any atom is -0.398 e. The molecule has 1 rings (SSSR count). The van der Waals surface area contributed by atoms with Gasteiger partial charge < -0.3 is 10.8 Å². The fourth-order valence-corrected chi connectivity index (χ4v) is 3.68. The minimum atomic E-state index is -3.97. The third kappa shape index (κ3) is 3.90. The molecule has 8 nitrogen and oxygen atoms in total. The molecule has 0 aliphatic heterocycles. The van der Waals surface area contributed by atoms with Gasteiger partial charge in [0.05, 0.1) is 10.6 Å². The predicted octanol–water partition coefficient (Wildman–Crippen LogP) is 0.958. The number of nitrogens with zero attached hydrogens (tertiary/aromatic N) is 2. The van der Waals surface area contributed by atoms with Crippen molar-refractivity contribution in [3.63, 3.8) is 0 Å². The summed E-state index contributed by atoms with van der Waals surface area (Å²) in [4.78, 5) is 9.83. The molecule has 9 heteroatoms. The lowest BCUT2D eigenvalue weighted by Gasteiger charge is -2.26. The predicted molar refractivity (Wildman–Crippen MR) is 78.2 cm³/mol. The first-order valence-corrected chi connectivity index (χ1v) is 7.82. The molecule has 0 radical (unpaired) electrons. The number of hydrogen-bond acceptors (Lipinski definition) is 6. The molecule has 3 N–H and O–H groups in total.